The van der Waals surface area contributed by atoms with E-state index in [0.717, 1.165) is 55.6 Å². The minimum Gasteiger partial charge on any atom is -0.496 e. The van der Waals surface area contributed by atoms with Crippen molar-refractivity contribution in [2.75, 3.05) is 45.3 Å². The monoisotopic (exact) mass is 417 g/mol. The molecule has 0 radical (unpaired) electrons. The van der Waals surface area contributed by atoms with Gasteiger partial charge in [-0.2, -0.15) is 0 Å². The summed E-state index contributed by atoms with van der Waals surface area (Å²) in [5.41, 5.74) is 2.27. The van der Waals surface area contributed by atoms with Gasteiger partial charge in [0.2, 0.25) is 0 Å². The molecule has 2 aromatic rings. The summed E-state index contributed by atoms with van der Waals surface area (Å²) in [4.78, 5) is 27.4. The summed E-state index contributed by atoms with van der Waals surface area (Å²) in [6.07, 6.45) is 1.85. The number of aliphatic carboxylic acids is 2. The van der Waals surface area contributed by atoms with Crippen LogP contribution in [-0.2, 0) is 16.1 Å². The molecule has 0 saturated carbocycles. The summed E-state index contributed by atoms with van der Waals surface area (Å²) >= 11 is 0. The molecular formula is C21H27N3O6. The molecule has 9 nitrogen and oxygen atoms in total. The summed E-state index contributed by atoms with van der Waals surface area (Å²) in [6.45, 7) is 6.96. The number of benzene rings is 1. The summed E-state index contributed by atoms with van der Waals surface area (Å²) in [5.74, 6) is -0.780. The van der Waals surface area contributed by atoms with E-state index in [-0.39, 0.29) is 0 Å². The quantitative estimate of drug-likeness (QED) is 0.704. The van der Waals surface area contributed by atoms with Gasteiger partial charge in [-0.25, -0.2) is 14.6 Å². The van der Waals surface area contributed by atoms with Crippen molar-refractivity contribution in [1.29, 1.82) is 0 Å². The lowest BCUT2D eigenvalue weighted by Gasteiger charge is -2.35. The number of aromatic nitrogens is 1. The number of hydrogen-bond donors (Lipinski definition) is 2. The Morgan fingerprint density at radius 3 is 2.17 bits per heavy atom. The zero-order valence-electron chi connectivity index (χ0n) is 17.4. The Labute approximate surface area is 175 Å². The van der Waals surface area contributed by atoms with Gasteiger partial charge in [-0.15, -0.1) is 0 Å². The van der Waals surface area contributed by atoms with Crippen molar-refractivity contribution < 1.29 is 29.3 Å². The molecule has 1 fully saturated rings. The molecule has 1 aromatic carbocycles. The van der Waals surface area contributed by atoms with Gasteiger partial charge in [-0.1, -0.05) is 12.1 Å². The molecule has 30 heavy (non-hydrogen) atoms. The number of ether oxygens (including phenoxy) is 2. The van der Waals surface area contributed by atoms with Gasteiger partial charge >= 0.3 is 11.9 Å². The highest BCUT2D eigenvalue weighted by Crippen LogP contribution is 2.32. The smallest absolute Gasteiger partial charge is 0.414 e. The highest BCUT2D eigenvalue weighted by molar-refractivity contribution is 6.27. The van der Waals surface area contributed by atoms with Gasteiger partial charge in [0.25, 0.3) is 0 Å². The minimum atomic E-state index is -1.82. The maximum absolute atomic E-state index is 9.10. The summed E-state index contributed by atoms with van der Waals surface area (Å²) in [5, 5.41) is 14.8. The number of anilines is 1. The first-order chi connectivity index (χ1) is 14.4. The van der Waals surface area contributed by atoms with Crippen LogP contribution in [0.2, 0.25) is 0 Å². The van der Waals surface area contributed by atoms with Crippen molar-refractivity contribution in [1.82, 2.24) is 9.88 Å². The van der Waals surface area contributed by atoms with Crippen molar-refractivity contribution in [2.45, 2.75) is 13.5 Å². The Morgan fingerprint density at radius 1 is 1.00 bits per heavy atom. The number of pyridine rings is 1. The molecule has 0 amide bonds. The number of carboxylic acid groups (broad SMARTS) is 2. The van der Waals surface area contributed by atoms with Gasteiger partial charge in [0.05, 0.1) is 14.2 Å². The largest absolute Gasteiger partial charge is 0.496 e. The van der Waals surface area contributed by atoms with E-state index in [2.05, 4.69) is 26.9 Å². The van der Waals surface area contributed by atoms with E-state index in [1.165, 1.54) is 5.56 Å². The van der Waals surface area contributed by atoms with Crippen LogP contribution >= 0.6 is 0 Å². The topological polar surface area (TPSA) is 112 Å². The maximum atomic E-state index is 9.10. The average Bonchev–Trinajstić information content (AvgIpc) is 2.75. The van der Waals surface area contributed by atoms with Crippen LogP contribution in [0.25, 0.3) is 0 Å². The number of carboxylic acids is 2. The summed E-state index contributed by atoms with van der Waals surface area (Å²) < 4.78 is 11.0. The fourth-order valence-corrected chi connectivity index (χ4v) is 3.28. The third kappa shape index (κ3) is 6.08. The van der Waals surface area contributed by atoms with E-state index in [1.807, 2.05) is 31.3 Å². The number of carbonyl (C=O) groups is 2. The van der Waals surface area contributed by atoms with E-state index < -0.39 is 11.9 Å². The minimum absolute atomic E-state index is 0.871. The standard InChI is InChI=1S/C19H25N3O2.C2H2O4/c1-15-17(23-2)8-7-16(19(15)24-3)14-21-10-12-22(13-11-21)18-6-4-5-9-20-18;3-1(4)2(5)6/h4-9H,10-14H2,1-3H3;(H,3,4)(H,5,6). The normalized spacial score (nSPS) is 13.8. The van der Waals surface area contributed by atoms with Gasteiger partial charge in [0.1, 0.15) is 17.3 Å². The maximum Gasteiger partial charge on any atom is 0.414 e. The zero-order chi connectivity index (χ0) is 22.1. The van der Waals surface area contributed by atoms with Crippen LogP contribution in [0, 0.1) is 6.92 Å². The molecule has 0 unspecified atom stereocenters. The second-order valence-electron chi connectivity index (χ2n) is 6.65. The molecule has 162 valence electrons. The lowest BCUT2D eigenvalue weighted by Crippen LogP contribution is -2.46. The third-order valence-electron chi connectivity index (χ3n) is 4.78. The Kier molecular flexibility index (Phi) is 8.42. The fraction of sp³-hybridized carbons (Fsp3) is 0.381. The van der Waals surface area contributed by atoms with Gasteiger partial charge in [0, 0.05) is 50.0 Å². The Hall–Kier alpha value is -3.33. The molecule has 9 heteroatoms. The highest BCUT2D eigenvalue weighted by atomic mass is 16.5. The SMILES string of the molecule is COc1ccc(CN2CCN(c3ccccn3)CC2)c(OC)c1C.O=C(O)C(=O)O. The van der Waals surface area contributed by atoms with Crippen LogP contribution in [-0.4, -0.2) is 72.4 Å². The Balaban J connectivity index is 0.000000469. The molecule has 1 saturated heterocycles. The highest BCUT2D eigenvalue weighted by Gasteiger charge is 2.20. The van der Waals surface area contributed by atoms with Crippen LogP contribution in [0.3, 0.4) is 0 Å². The summed E-state index contributed by atoms with van der Waals surface area (Å²) in [7, 11) is 3.42. The molecule has 3 rings (SSSR count). The van der Waals surface area contributed by atoms with Gasteiger partial charge in [-0.05, 0) is 25.1 Å². The van der Waals surface area contributed by atoms with E-state index >= 15 is 0 Å². The van der Waals surface area contributed by atoms with Gasteiger partial charge in [-0.3, -0.25) is 4.90 Å². The lowest BCUT2D eigenvalue weighted by molar-refractivity contribution is -0.159. The number of nitrogens with zero attached hydrogens (tertiary/aromatic N) is 3. The van der Waals surface area contributed by atoms with Crippen molar-refractivity contribution in [3.05, 3.63) is 47.7 Å². The molecular weight excluding hydrogens is 390 g/mol. The van der Waals surface area contributed by atoms with Crippen LogP contribution in [0.15, 0.2) is 36.5 Å². The van der Waals surface area contributed by atoms with Crippen LogP contribution in [0.5, 0.6) is 11.5 Å². The molecule has 2 N–H and O–H groups in total. The first-order valence-corrected chi connectivity index (χ1v) is 9.42. The second-order valence-corrected chi connectivity index (χ2v) is 6.65. The molecule has 2 heterocycles. The van der Waals surface area contributed by atoms with Crippen molar-refractivity contribution in [3.8, 4) is 11.5 Å². The van der Waals surface area contributed by atoms with Crippen LogP contribution in [0.1, 0.15) is 11.1 Å². The average molecular weight is 417 g/mol. The number of rotatable bonds is 5. The Morgan fingerprint density at radius 2 is 1.67 bits per heavy atom. The predicted molar refractivity (Wildman–Crippen MR) is 111 cm³/mol. The third-order valence-corrected chi connectivity index (χ3v) is 4.78. The second kappa shape index (κ2) is 11.0. The molecule has 0 atom stereocenters. The number of hydrogen-bond acceptors (Lipinski definition) is 7. The zero-order valence-corrected chi connectivity index (χ0v) is 17.4. The molecule has 0 bridgehead atoms. The molecule has 0 aliphatic carbocycles. The van der Waals surface area contributed by atoms with E-state index in [4.69, 9.17) is 29.3 Å². The van der Waals surface area contributed by atoms with Gasteiger partial charge in [0.15, 0.2) is 0 Å². The Bertz CT molecular complexity index is 839. The van der Waals surface area contributed by atoms with Crippen LogP contribution in [0.4, 0.5) is 5.82 Å². The molecule has 1 aliphatic heterocycles. The fourth-order valence-electron chi connectivity index (χ4n) is 3.28. The first kappa shape index (κ1) is 23.0. The van der Waals surface area contributed by atoms with E-state index in [1.54, 1.807) is 14.2 Å². The number of piperazine rings is 1. The first-order valence-electron chi connectivity index (χ1n) is 9.42. The van der Waals surface area contributed by atoms with Crippen molar-refractivity contribution >= 4 is 17.8 Å². The lowest BCUT2D eigenvalue weighted by atomic mass is 10.1. The van der Waals surface area contributed by atoms with E-state index in [9.17, 15) is 0 Å². The van der Waals surface area contributed by atoms with Crippen LogP contribution < -0.4 is 14.4 Å². The van der Waals surface area contributed by atoms with Gasteiger partial charge < -0.3 is 24.6 Å². The summed E-state index contributed by atoms with van der Waals surface area (Å²) in [6, 6.07) is 10.2. The predicted octanol–water partition coefficient (Wildman–Crippen LogP) is 1.89. The van der Waals surface area contributed by atoms with E-state index in [0.29, 0.717) is 0 Å². The molecule has 1 aliphatic rings. The van der Waals surface area contributed by atoms with Crippen molar-refractivity contribution in [2.24, 2.45) is 0 Å². The van der Waals surface area contributed by atoms with Crippen molar-refractivity contribution in [3.63, 3.8) is 0 Å². The molecule has 1 aromatic heterocycles. The molecule has 0 spiro atoms. The number of methoxy groups -OCH3 is 2.